The van der Waals surface area contributed by atoms with E-state index >= 15 is 0 Å². The Morgan fingerprint density at radius 3 is 2.42 bits per heavy atom. The first-order valence-corrected chi connectivity index (χ1v) is 12.8. The quantitative estimate of drug-likeness (QED) is 0.303. The maximum Gasteiger partial charge on any atom is 0.0623 e. The topological polar surface area (TPSA) is 39.3 Å². The second-order valence-corrected chi connectivity index (χ2v) is 10.6. The molecule has 2 unspecified atom stereocenters. The minimum absolute atomic E-state index is 0.116. The Balaban J connectivity index is 1.44. The lowest BCUT2D eigenvalue weighted by Gasteiger charge is -2.30. The van der Waals surface area contributed by atoms with E-state index in [1.807, 2.05) is 0 Å². The van der Waals surface area contributed by atoms with E-state index in [9.17, 15) is 0 Å². The molecule has 1 saturated heterocycles. The Hall–Kier alpha value is -2.20. The summed E-state index contributed by atoms with van der Waals surface area (Å²) < 4.78 is 0. The first-order valence-electron chi connectivity index (χ1n) is 12.8. The lowest BCUT2D eigenvalue weighted by atomic mass is 9.87. The van der Waals surface area contributed by atoms with Crippen LogP contribution in [0.15, 0.2) is 72.8 Å². The fraction of sp³-hybridized carbons (Fsp3) is 0.586. The Bertz CT molecular complexity index is 792. The van der Waals surface area contributed by atoms with E-state index in [1.54, 1.807) is 0 Å². The van der Waals surface area contributed by atoms with Gasteiger partial charge < -0.3 is 16.0 Å². The zero-order valence-corrected chi connectivity index (χ0v) is 21.1. The second kappa shape index (κ2) is 11.8. The van der Waals surface area contributed by atoms with Gasteiger partial charge in [0, 0.05) is 23.6 Å². The highest BCUT2D eigenvalue weighted by Gasteiger charge is 2.42. The van der Waals surface area contributed by atoms with E-state index in [0.29, 0.717) is 6.54 Å². The maximum absolute atomic E-state index is 4.50. The molecule has 2 aliphatic carbocycles. The zero-order valence-electron chi connectivity index (χ0n) is 21.1. The molecule has 0 spiro atoms. The van der Waals surface area contributed by atoms with Crippen molar-refractivity contribution >= 4 is 0 Å². The van der Waals surface area contributed by atoms with Crippen molar-refractivity contribution in [3.05, 3.63) is 72.8 Å². The van der Waals surface area contributed by atoms with E-state index in [0.717, 1.165) is 42.9 Å². The zero-order chi connectivity index (χ0) is 23.8. The van der Waals surface area contributed by atoms with Gasteiger partial charge in [-0.05, 0) is 75.9 Å². The standard InChI is InChI=1S/C29H46N4/c1-22(20-30-25(4)26(5)31-23(2)21-33-17-11-8-12-18-33)32-28(24(3)29(6)15-16-29)19-27-13-9-7-10-14-27/h7,9,13,26,28,30-32H,1-4,8,10-12,14-21H2,5-6H3. The lowest BCUT2D eigenvalue weighted by Crippen LogP contribution is -2.40. The molecule has 1 heterocycles. The van der Waals surface area contributed by atoms with Crippen LogP contribution in [0.25, 0.3) is 0 Å². The van der Waals surface area contributed by atoms with E-state index < -0.39 is 0 Å². The SMILES string of the molecule is C=C(CN1CCCCC1)NC(C)C(=C)NCC(=C)NC(CC1=CC=CCC1)C(=C)C1(C)CC1. The molecule has 2 atom stereocenters. The van der Waals surface area contributed by atoms with Gasteiger partial charge in [-0.1, -0.05) is 63.5 Å². The molecule has 1 aliphatic heterocycles. The molecule has 0 aromatic heterocycles. The van der Waals surface area contributed by atoms with Gasteiger partial charge in [-0.25, -0.2) is 0 Å². The molecule has 182 valence electrons. The van der Waals surface area contributed by atoms with Crippen LogP contribution < -0.4 is 16.0 Å². The van der Waals surface area contributed by atoms with Crippen LogP contribution in [0.4, 0.5) is 0 Å². The largest absolute Gasteiger partial charge is 0.382 e. The van der Waals surface area contributed by atoms with Crippen LogP contribution in [0.2, 0.25) is 0 Å². The molecule has 3 aliphatic rings. The molecule has 1 saturated carbocycles. The summed E-state index contributed by atoms with van der Waals surface area (Å²) in [5.41, 5.74) is 6.11. The first-order chi connectivity index (χ1) is 15.8. The molecule has 0 bridgehead atoms. The number of likely N-dealkylation sites (tertiary alicyclic amines) is 1. The average molecular weight is 451 g/mol. The van der Waals surface area contributed by atoms with Crippen LogP contribution in [0.1, 0.15) is 65.2 Å². The molecule has 4 heteroatoms. The van der Waals surface area contributed by atoms with Gasteiger partial charge in [0.05, 0.1) is 18.6 Å². The summed E-state index contributed by atoms with van der Waals surface area (Å²) in [6, 6.07) is 0.350. The van der Waals surface area contributed by atoms with Gasteiger partial charge in [0.15, 0.2) is 0 Å². The molecule has 3 N–H and O–H groups in total. The van der Waals surface area contributed by atoms with Crippen molar-refractivity contribution in [2.75, 3.05) is 26.2 Å². The third kappa shape index (κ3) is 7.96. The number of piperidine rings is 1. The second-order valence-electron chi connectivity index (χ2n) is 10.6. The van der Waals surface area contributed by atoms with Gasteiger partial charge in [-0.15, -0.1) is 0 Å². The minimum atomic E-state index is 0.116. The van der Waals surface area contributed by atoms with E-state index in [4.69, 9.17) is 0 Å². The molecule has 0 aromatic carbocycles. The van der Waals surface area contributed by atoms with E-state index in [-0.39, 0.29) is 17.5 Å². The molecule has 4 nitrogen and oxygen atoms in total. The normalized spacial score (nSPS) is 21.3. The van der Waals surface area contributed by atoms with Crippen LogP contribution in [-0.4, -0.2) is 43.2 Å². The van der Waals surface area contributed by atoms with Gasteiger partial charge in [0.1, 0.15) is 0 Å². The highest BCUT2D eigenvalue weighted by molar-refractivity contribution is 5.28. The number of nitrogens with zero attached hydrogens (tertiary/aromatic N) is 1. The van der Waals surface area contributed by atoms with Crippen molar-refractivity contribution < 1.29 is 0 Å². The van der Waals surface area contributed by atoms with Crippen molar-refractivity contribution in [1.29, 1.82) is 0 Å². The third-order valence-electron chi connectivity index (χ3n) is 7.48. The number of allylic oxidation sites excluding steroid dienone is 3. The summed E-state index contributed by atoms with van der Waals surface area (Å²) in [5.74, 6) is 0. The number of rotatable bonds is 14. The van der Waals surface area contributed by atoms with Crippen molar-refractivity contribution in [3.63, 3.8) is 0 Å². The number of hydrogen-bond donors (Lipinski definition) is 3. The Morgan fingerprint density at radius 2 is 1.79 bits per heavy atom. The molecular formula is C29H46N4. The maximum atomic E-state index is 4.50. The van der Waals surface area contributed by atoms with E-state index in [1.165, 1.54) is 56.3 Å². The fourth-order valence-corrected chi connectivity index (χ4v) is 4.77. The molecule has 0 aromatic rings. The monoisotopic (exact) mass is 450 g/mol. The molecular weight excluding hydrogens is 404 g/mol. The van der Waals surface area contributed by atoms with Gasteiger partial charge in [0.2, 0.25) is 0 Å². The van der Waals surface area contributed by atoms with Crippen molar-refractivity contribution in [3.8, 4) is 0 Å². The van der Waals surface area contributed by atoms with Gasteiger partial charge >= 0.3 is 0 Å². The van der Waals surface area contributed by atoms with Crippen molar-refractivity contribution in [2.24, 2.45) is 5.41 Å². The Kier molecular flexibility index (Phi) is 9.08. The van der Waals surface area contributed by atoms with Crippen LogP contribution in [0, 0.1) is 5.41 Å². The summed E-state index contributed by atoms with van der Waals surface area (Å²) in [6.45, 7) is 25.7. The number of hydrogen-bond acceptors (Lipinski definition) is 4. The van der Waals surface area contributed by atoms with E-state index in [2.05, 4.69) is 79.2 Å². The molecule has 3 rings (SSSR count). The molecule has 33 heavy (non-hydrogen) atoms. The Labute approximate surface area is 202 Å². The van der Waals surface area contributed by atoms with Gasteiger partial charge in [-0.3, -0.25) is 4.90 Å². The highest BCUT2D eigenvalue weighted by Crippen LogP contribution is 2.52. The molecule has 0 radical (unpaired) electrons. The van der Waals surface area contributed by atoms with Crippen LogP contribution >= 0.6 is 0 Å². The average Bonchev–Trinajstić information content (AvgIpc) is 3.56. The highest BCUT2D eigenvalue weighted by atomic mass is 15.2. The van der Waals surface area contributed by atoms with Gasteiger partial charge in [-0.2, -0.15) is 0 Å². The predicted molar refractivity (Wildman–Crippen MR) is 143 cm³/mol. The van der Waals surface area contributed by atoms with Crippen LogP contribution in [0.5, 0.6) is 0 Å². The molecule has 2 fully saturated rings. The first kappa shape index (κ1) is 25.4. The van der Waals surface area contributed by atoms with Crippen molar-refractivity contribution in [2.45, 2.75) is 77.3 Å². The Morgan fingerprint density at radius 1 is 1.06 bits per heavy atom. The lowest BCUT2D eigenvalue weighted by molar-refractivity contribution is 0.242. The summed E-state index contributed by atoms with van der Waals surface area (Å²) in [5, 5.41) is 10.7. The summed E-state index contributed by atoms with van der Waals surface area (Å²) >= 11 is 0. The fourth-order valence-electron chi connectivity index (χ4n) is 4.77. The smallest absolute Gasteiger partial charge is 0.0623 e. The summed E-state index contributed by atoms with van der Waals surface area (Å²) in [4.78, 5) is 2.48. The third-order valence-corrected chi connectivity index (χ3v) is 7.48. The predicted octanol–water partition coefficient (Wildman–Crippen LogP) is 5.56. The van der Waals surface area contributed by atoms with Crippen LogP contribution in [0.3, 0.4) is 0 Å². The van der Waals surface area contributed by atoms with Crippen LogP contribution in [-0.2, 0) is 0 Å². The summed E-state index contributed by atoms with van der Waals surface area (Å²) in [7, 11) is 0. The van der Waals surface area contributed by atoms with Crippen molar-refractivity contribution in [1.82, 2.24) is 20.9 Å². The van der Waals surface area contributed by atoms with Gasteiger partial charge in [0.25, 0.3) is 0 Å². The number of nitrogens with one attached hydrogen (secondary N) is 3. The minimum Gasteiger partial charge on any atom is -0.382 e. The molecule has 0 amide bonds. The summed E-state index contributed by atoms with van der Waals surface area (Å²) in [6.07, 6.45) is 16.4.